The quantitative estimate of drug-likeness (QED) is 0.862. The van der Waals surface area contributed by atoms with Crippen LogP contribution in [0.1, 0.15) is 16.1 Å². The first-order chi connectivity index (χ1) is 7.65. The van der Waals surface area contributed by atoms with Gasteiger partial charge in [-0.3, -0.25) is 4.79 Å². The normalized spacial score (nSPS) is 10.1. The van der Waals surface area contributed by atoms with Gasteiger partial charge in [-0.05, 0) is 30.3 Å². The molecule has 1 N–H and O–H groups in total. The average molecular weight is 237 g/mol. The highest BCUT2D eigenvalue weighted by Crippen LogP contribution is 2.10. The number of hydrogen-bond donors (Lipinski definition) is 1. The summed E-state index contributed by atoms with van der Waals surface area (Å²) in [4.78, 5) is 13.0. The Morgan fingerprint density at radius 1 is 1.50 bits per heavy atom. The lowest BCUT2D eigenvalue weighted by atomic mass is 10.2. The van der Waals surface area contributed by atoms with Crippen molar-refractivity contribution in [2.24, 2.45) is 0 Å². The van der Waals surface area contributed by atoms with E-state index in [9.17, 15) is 4.79 Å². The van der Waals surface area contributed by atoms with E-state index >= 15 is 0 Å². The highest BCUT2D eigenvalue weighted by molar-refractivity contribution is 6.31. The van der Waals surface area contributed by atoms with Crippen molar-refractivity contribution in [1.82, 2.24) is 15.1 Å². The Labute approximate surface area is 97.0 Å². The summed E-state index contributed by atoms with van der Waals surface area (Å²) < 4.78 is 0. The van der Waals surface area contributed by atoms with Gasteiger partial charge in [-0.2, -0.15) is 4.79 Å². The van der Waals surface area contributed by atoms with Crippen molar-refractivity contribution in [1.29, 1.82) is 0 Å². The van der Waals surface area contributed by atoms with Gasteiger partial charge in [0.05, 0.1) is 11.9 Å². The second-order valence-electron chi connectivity index (χ2n) is 3.26. The summed E-state index contributed by atoms with van der Waals surface area (Å²) in [5, 5.41) is 7.97. The van der Waals surface area contributed by atoms with Gasteiger partial charge in [-0.15, -0.1) is 5.10 Å². The topological polar surface area (TPSA) is 59.8 Å². The lowest BCUT2D eigenvalue weighted by Gasteiger charge is -2.03. The van der Waals surface area contributed by atoms with E-state index in [4.69, 9.17) is 11.6 Å². The molecule has 0 radical (unpaired) electrons. The summed E-state index contributed by atoms with van der Waals surface area (Å²) in [7, 11) is 0. The predicted molar refractivity (Wildman–Crippen MR) is 59.9 cm³/mol. The fraction of sp³-hybridized carbons (Fsp3) is 0.100. The van der Waals surface area contributed by atoms with E-state index in [0.29, 0.717) is 10.6 Å². The number of aryl methyl sites for hydroxylation is 1. The smallest absolute Gasteiger partial charge is 0.267 e. The molecule has 16 heavy (non-hydrogen) atoms. The molecule has 2 rings (SSSR count). The number of rotatable bonds is 2. The fourth-order valence-corrected chi connectivity index (χ4v) is 1.39. The molecule has 0 aliphatic heterocycles. The lowest BCUT2D eigenvalue weighted by Crippen LogP contribution is -2.23. The van der Waals surface area contributed by atoms with E-state index in [1.165, 1.54) is 4.79 Å². The monoisotopic (exact) mass is 236 g/mol. The van der Waals surface area contributed by atoms with Gasteiger partial charge in [0, 0.05) is 10.6 Å². The highest BCUT2D eigenvalue weighted by atomic mass is 35.5. The molecule has 0 unspecified atom stereocenters. The predicted octanol–water partition coefficient (Wildman–Crippen LogP) is 1.62. The maximum absolute atomic E-state index is 11.7. The molecular weight excluding hydrogens is 228 g/mol. The zero-order valence-electron chi connectivity index (χ0n) is 8.51. The van der Waals surface area contributed by atoms with Gasteiger partial charge < -0.3 is 0 Å². The minimum absolute atomic E-state index is 0.285. The zero-order valence-corrected chi connectivity index (χ0v) is 9.27. The summed E-state index contributed by atoms with van der Waals surface area (Å²) in [6.07, 6.45) is 1.61. The molecule has 0 spiro atoms. The number of benzene rings is 1. The molecule has 0 aliphatic rings. The second-order valence-corrected chi connectivity index (χ2v) is 3.69. The first-order valence-electron chi connectivity index (χ1n) is 4.61. The maximum Gasteiger partial charge on any atom is 0.271 e. The minimum Gasteiger partial charge on any atom is -0.267 e. The number of nitrogens with zero attached hydrogens (tertiary/aromatic N) is 3. The Morgan fingerprint density at radius 3 is 2.94 bits per heavy atom. The number of carbonyl (C=O) groups excluding carboxylic acids is 1. The third-order valence-corrected chi connectivity index (χ3v) is 2.15. The van der Waals surface area contributed by atoms with Crippen LogP contribution < -0.4 is 5.43 Å². The summed E-state index contributed by atoms with van der Waals surface area (Å²) in [5.41, 5.74) is 3.75. The third-order valence-electron chi connectivity index (χ3n) is 1.91. The van der Waals surface area contributed by atoms with Gasteiger partial charge in [-0.25, -0.2) is 5.43 Å². The molecule has 0 bridgehead atoms. The Bertz CT molecular complexity index is 523. The molecule has 0 fully saturated rings. The molecule has 6 heteroatoms. The third kappa shape index (κ3) is 2.38. The van der Waals surface area contributed by atoms with Crippen LogP contribution in [-0.4, -0.2) is 21.0 Å². The van der Waals surface area contributed by atoms with Gasteiger partial charge in [0.1, 0.15) is 0 Å². The van der Waals surface area contributed by atoms with Crippen molar-refractivity contribution >= 4 is 17.5 Å². The van der Waals surface area contributed by atoms with E-state index < -0.39 is 0 Å². The molecule has 0 saturated heterocycles. The van der Waals surface area contributed by atoms with E-state index in [1.807, 2.05) is 0 Å². The fourth-order valence-electron chi connectivity index (χ4n) is 1.20. The number of halogens is 1. The molecule has 1 heterocycles. The van der Waals surface area contributed by atoms with Crippen LogP contribution in [0.4, 0.5) is 0 Å². The van der Waals surface area contributed by atoms with E-state index in [-0.39, 0.29) is 5.91 Å². The van der Waals surface area contributed by atoms with Crippen LogP contribution in [0.3, 0.4) is 0 Å². The minimum atomic E-state index is -0.285. The van der Waals surface area contributed by atoms with Crippen molar-refractivity contribution in [3.8, 4) is 0 Å². The number of nitrogens with one attached hydrogen (secondary N) is 1. The molecule has 1 aromatic heterocycles. The van der Waals surface area contributed by atoms with Crippen molar-refractivity contribution in [2.45, 2.75) is 6.92 Å². The van der Waals surface area contributed by atoms with Crippen LogP contribution in [-0.2, 0) is 0 Å². The van der Waals surface area contributed by atoms with E-state index in [1.54, 1.807) is 37.4 Å². The van der Waals surface area contributed by atoms with Crippen LogP contribution in [0.5, 0.6) is 0 Å². The summed E-state index contributed by atoms with van der Waals surface area (Å²) in [5.74, 6) is -0.285. The van der Waals surface area contributed by atoms with E-state index in [2.05, 4.69) is 15.7 Å². The van der Waals surface area contributed by atoms with Gasteiger partial charge >= 0.3 is 0 Å². The van der Waals surface area contributed by atoms with Gasteiger partial charge in [-0.1, -0.05) is 17.7 Å². The van der Waals surface area contributed by atoms with Crippen LogP contribution in [0.25, 0.3) is 0 Å². The Hall–Kier alpha value is -1.88. The highest BCUT2D eigenvalue weighted by Gasteiger charge is 2.06. The maximum atomic E-state index is 11.7. The number of hydrogen-bond acceptors (Lipinski definition) is 3. The van der Waals surface area contributed by atoms with Crippen molar-refractivity contribution in [3.05, 3.63) is 46.7 Å². The number of aromatic nitrogens is 3. The van der Waals surface area contributed by atoms with E-state index in [0.717, 1.165) is 5.69 Å². The van der Waals surface area contributed by atoms with Crippen LogP contribution in [0.15, 0.2) is 30.5 Å². The first kappa shape index (κ1) is 10.6. The van der Waals surface area contributed by atoms with Crippen LogP contribution in [0.2, 0.25) is 5.02 Å². The van der Waals surface area contributed by atoms with Gasteiger partial charge in [0.15, 0.2) is 0 Å². The lowest BCUT2D eigenvalue weighted by molar-refractivity contribution is 0.100. The number of carbonyl (C=O) groups is 1. The molecule has 82 valence electrons. The Kier molecular flexibility index (Phi) is 2.87. The largest absolute Gasteiger partial charge is 0.271 e. The number of amides is 1. The summed E-state index contributed by atoms with van der Waals surface area (Å²) in [6.45, 7) is 1.79. The summed E-state index contributed by atoms with van der Waals surface area (Å²) in [6, 6.07) is 6.67. The molecule has 0 saturated carbocycles. The average Bonchev–Trinajstić information content (AvgIpc) is 2.64. The van der Waals surface area contributed by atoms with Gasteiger partial charge in [0.25, 0.3) is 5.91 Å². The molecule has 1 aromatic carbocycles. The SMILES string of the molecule is Cc1cn(NC(=O)c2cccc(Cl)c2)nn1. The Balaban J connectivity index is 2.14. The van der Waals surface area contributed by atoms with Crippen LogP contribution in [0, 0.1) is 6.92 Å². The van der Waals surface area contributed by atoms with Crippen molar-refractivity contribution in [3.63, 3.8) is 0 Å². The molecule has 1 amide bonds. The van der Waals surface area contributed by atoms with Gasteiger partial charge in [0.2, 0.25) is 0 Å². The molecule has 0 atom stereocenters. The first-order valence-corrected chi connectivity index (χ1v) is 4.99. The molecule has 5 nitrogen and oxygen atoms in total. The standard InChI is InChI=1S/C10H9ClN4O/c1-7-6-15(14-12-7)13-10(16)8-3-2-4-9(11)5-8/h2-6H,1H3,(H,13,16). The molecular formula is C10H9ClN4O. The second kappa shape index (κ2) is 4.32. The molecule has 2 aromatic rings. The van der Waals surface area contributed by atoms with Crippen molar-refractivity contribution in [2.75, 3.05) is 5.43 Å². The molecule has 0 aliphatic carbocycles. The van der Waals surface area contributed by atoms with Crippen molar-refractivity contribution < 1.29 is 4.79 Å². The van der Waals surface area contributed by atoms with Crippen LogP contribution >= 0.6 is 11.6 Å². The Morgan fingerprint density at radius 2 is 2.31 bits per heavy atom. The zero-order chi connectivity index (χ0) is 11.5. The summed E-state index contributed by atoms with van der Waals surface area (Å²) >= 11 is 5.78.